The summed E-state index contributed by atoms with van der Waals surface area (Å²) in [4.78, 5) is 0.427. The second-order valence-electron chi connectivity index (χ2n) is 7.05. The summed E-state index contributed by atoms with van der Waals surface area (Å²) in [6, 6.07) is 17.7. The predicted octanol–water partition coefficient (Wildman–Crippen LogP) is 4.84. The van der Waals surface area contributed by atoms with E-state index in [0.717, 1.165) is 37.7 Å². The molecule has 0 amide bonds. The summed E-state index contributed by atoms with van der Waals surface area (Å²) in [5, 5.41) is 0. The molecule has 3 nitrogen and oxygen atoms in total. The first-order valence-electron chi connectivity index (χ1n) is 9.19. The van der Waals surface area contributed by atoms with Crippen LogP contribution in [-0.4, -0.2) is 14.0 Å². The van der Waals surface area contributed by atoms with E-state index in [1.54, 1.807) is 6.07 Å². The Bertz CT molecular complexity index is 817. The fourth-order valence-corrected chi connectivity index (χ4v) is 5.73. The molecule has 0 bridgehead atoms. The summed E-state index contributed by atoms with van der Waals surface area (Å²) in [5.41, 5.74) is 1.70. The zero-order valence-electron chi connectivity index (χ0n) is 15.0. The second kappa shape index (κ2) is 7.30. The van der Waals surface area contributed by atoms with Crippen molar-refractivity contribution in [2.75, 3.05) is 0 Å². The Morgan fingerprint density at radius 2 is 1.72 bits per heavy atom. The third-order valence-corrected chi connectivity index (χ3v) is 7.07. The van der Waals surface area contributed by atoms with Gasteiger partial charge in [0, 0.05) is 11.5 Å². The summed E-state index contributed by atoms with van der Waals surface area (Å²) in [5.74, 6) is 0.0824. The first kappa shape index (κ1) is 18.2. The van der Waals surface area contributed by atoms with E-state index in [1.807, 2.05) is 36.4 Å². The van der Waals surface area contributed by atoms with Gasteiger partial charge in [-0.2, -0.15) is 0 Å². The van der Waals surface area contributed by atoms with Crippen LogP contribution in [0.3, 0.4) is 0 Å². The average molecular weight is 358 g/mol. The fourth-order valence-electron chi connectivity index (χ4n) is 3.94. The van der Waals surface area contributed by atoms with E-state index in [0.29, 0.717) is 4.90 Å². The molecule has 1 aliphatic heterocycles. The molecule has 4 heteroatoms. The van der Waals surface area contributed by atoms with Crippen LogP contribution in [0.2, 0.25) is 0 Å². The predicted molar refractivity (Wildman–Crippen MR) is 102 cm³/mol. The first-order valence-corrected chi connectivity index (χ1v) is 10.7. The van der Waals surface area contributed by atoms with Gasteiger partial charge in [-0.3, -0.25) is 0 Å². The molecule has 2 aromatic rings. The molecule has 3 rings (SSSR count). The Morgan fingerprint density at radius 1 is 1.04 bits per heavy atom. The molecule has 0 aliphatic carbocycles. The minimum atomic E-state index is -3.52. The Kier molecular flexibility index (Phi) is 5.30. The number of hydrogen-bond donors (Lipinski definition) is 1. The monoisotopic (exact) mass is 357 g/mol. The van der Waals surface area contributed by atoms with Crippen LogP contribution in [-0.2, 0) is 10.0 Å². The number of benzene rings is 2. The van der Waals surface area contributed by atoms with Crippen molar-refractivity contribution in [3.05, 3.63) is 65.7 Å². The van der Waals surface area contributed by atoms with Gasteiger partial charge in [0.1, 0.15) is 0 Å². The maximum absolute atomic E-state index is 13.1. The zero-order chi connectivity index (χ0) is 17.9. The quantitative estimate of drug-likeness (QED) is 0.832. The van der Waals surface area contributed by atoms with Gasteiger partial charge in [0.25, 0.3) is 0 Å². The van der Waals surface area contributed by atoms with E-state index >= 15 is 0 Å². The third kappa shape index (κ3) is 3.65. The molecule has 0 aromatic heterocycles. The summed E-state index contributed by atoms with van der Waals surface area (Å²) in [6.45, 7) is 4.24. The second-order valence-corrected chi connectivity index (χ2v) is 8.70. The van der Waals surface area contributed by atoms with E-state index in [4.69, 9.17) is 0 Å². The molecule has 2 aromatic carbocycles. The van der Waals surface area contributed by atoms with E-state index in [-0.39, 0.29) is 5.92 Å². The molecule has 0 unspecified atom stereocenters. The molecule has 1 heterocycles. The lowest BCUT2D eigenvalue weighted by Crippen LogP contribution is -2.47. The summed E-state index contributed by atoms with van der Waals surface area (Å²) in [6.07, 6.45) is 4.55. The normalized spacial score (nSPS) is 25.1. The third-order valence-electron chi connectivity index (χ3n) is 5.42. The van der Waals surface area contributed by atoms with Crippen molar-refractivity contribution in [1.29, 1.82) is 0 Å². The van der Waals surface area contributed by atoms with Crippen LogP contribution in [0.15, 0.2) is 59.5 Å². The van der Waals surface area contributed by atoms with Gasteiger partial charge >= 0.3 is 0 Å². The van der Waals surface area contributed by atoms with Crippen molar-refractivity contribution in [2.24, 2.45) is 0 Å². The molecule has 134 valence electrons. The minimum absolute atomic E-state index is 0.0824. The van der Waals surface area contributed by atoms with Gasteiger partial charge in [-0.25, -0.2) is 13.1 Å². The highest BCUT2D eigenvalue weighted by atomic mass is 32.2. The van der Waals surface area contributed by atoms with Crippen LogP contribution in [0.5, 0.6) is 0 Å². The van der Waals surface area contributed by atoms with Gasteiger partial charge in [0.05, 0.1) is 4.90 Å². The lowest BCUT2D eigenvalue weighted by molar-refractivity contribution is 0.300. The molecule has 0 saturated heterocycles. The van der Waals surface area contributed by atoms with Crippen LogP contribution >= 0.6 is 0 Å². The van der Waals surface area contributed by atoms with Crippen molar-refractivity contribution >= 4 is 10.0 Å². The molecule has 0 radical (unpaired) electrons. The summed E-state index contributed by atoms with van der Waals surface area (Å²) in [7, 11) is -3.52. The van der Waals surface area contributed by atoms with Gasteiger partial charge in [-0.15, -0.1) is 0 Å². The van der Waals surface area contributed by atoms with Crippen LogP contribution in [0, 0.1) is 0 Å². The van der Waals surface area contributed by atoms with Crippen LogP contribution < -0.4 is 4.72 Å². The van der Waals surface area contributed by atoms with E-state index < -0.39 is 15.6 Å². The molecular weight excluding hydrogens is 330 g/mol. The Hall–Kier alpha value is -1.65. The highest BCUT2D eigenvalue weighted by Crippen LogP contribution is 2.42. The molecule has 0 fully saturated rings. The number of sulfonamides is 1. The highest BCUT2D eigenvalue weighted by Gasteiger charge is 2.41. The van der Waals surface area contributed by atoms with E-state index in [9.17, 15) is 8.42 Å². The SMILES string of the molecule is CCCC[C@]1(CC)C[C@@H](c2ccccc2)c2ccccc2S(=O)(=O)N1. The Labute approximate surface area is 151 Å². The van der Waals surface area contributed by atoms with Gasteiger partial charge in [0.2, 0.25) is 10.0 Å². The van der Waals surface area contributed by atoms with E-state index in [2.05, 4.69) is 30.7 Å². The molecule has 25 heavy (non-hydrogen) atoms. The molecule has 0 saturated carbocycles. The standard InChI is InChI=1S/C21H27NO2S/c1-3-5-15-21(4-2)16-19(17-11-7-6-8-12-17)18-13-9-10-14-20(18)25(23,24)22-21/h6-14,19,22H,3-5,15-16H2,1-2H3/t19-,21+/m0/s1. The largest absolute Gasteiger partial charge is 0.241 e. The molecule has 0 spiro atoms. The number of rotatable bonds is 5. The van der Waals surface area contributed by atoms with Gasteiger partial charge in [-0.1, -0.05) is 75.2 Å². The smallest absolute Gasteiger partial charge is 0.207 e. The van der Waals surface area contributed by atoms with Crippen LogP contribution in [0.4, 0.5) is 0 Å². The zero-order valence-corrected chi connectivity index (χ0v) is 15.9. The molecule has 1 aliphatic rings. The van der Waals surface area contributed by atoms with Crippen LogP contribution in [0.1, 0.15) is 63.0 Å². The fraction of sp³-hybridized carbons (Fsp3) is 0.429. The van der Waals surface area contributed by atoms with Gasteiger partial charge < -0.3 is 0 Å². The topological polar surface area (TPSA) is 46.2 Å². The first-order chi connectivity index (χ1) is 12.0. The van der Waals surface area contributed by atoms with E-state index in [1.165, 1.54) is 5.56 Å². The van der Waals surface area contributed by atoms with Gasteiger partial charge in [-0.05, 0) is 36.5 Å². The van der Waals surface area contributed by atoms with Crippen molar-refractivity contribution in [3.63, 3.8) is 0 Å². The number of hydrogen-bond acceptors (Lipinski definition) is 2. The average Bonchev–Trinajstić information content (AvgIpc) is 2.74. The number of fused-ring (bicyclic) bond motifs is 1. The highest BCUT2D eigenvalue weighted by molar-refractivity contribution is 7.89. The van der Waals surface area contributed by atoms with Crippen molar-refractivity contribution < 1.29 is 8.42 Å². The number of unbranched alkanes of at least 4 members (excludes halogenated alkanes) is 1. The summed E-state index contributed by atoms with van der Waals surface area (Å²) < 4.78 is 29.3. The summed E-state index contributed by atoms with van der Waals surface area (Å²) >= 11 is 0. The molecule has 1 N–H and O–H groups in total. The van der Waals surface area contributed by atoms with Crippen LogP contribution in [0.25, 0.3) is 0 Å². The molecular formula is C21H27NO2S. The van der Waals surface area contributed by atoms with Crippen molar-refractivity contribution in [1.82, 2.24) is 4.72 Å². The van der Waals surface area contributed by atoms with Crippen molar-refractivity contribution in [3.8, 4) is 0 Å². The maximum Gasteiger partial charge on any atom is 0.241 e. The minimum Gasteiger partial charge on any atom is -0.207 e. The van der Waals surface area contributed by atoms with Gasteiger partial charge in [0.15, 0.2) is 0 Å². The van der Waals surface area contributed by atoms with Crippen molar-refractivity contribution in [2.45, 2.75) is 62.3 Å². The number of nitrogens with one attached hydrogen (secondary N) is 1. The maximum atomic E-state index is 13.1. The Balaban J connectivity index is 2.17. The Morgan fingerprint density at radius 3 is 2.40 bits per heavy atom. The lowest BCUT2D eigenvalue weighted by atomic mass is 9.77. The molecule has 2 atom stereocenters. The lowest BCUT2D eigenvalue weighted by Gasteiger charge is -2.34.